The zero-order chi connectivity index (χ0) is 12.5. The summed E-state index contributed by atoms with van der Waals surface area (Å²) in [6, 6.07) is 10.3. The Labute approximate surface area is 110 Å². The lowest BCUT2D eigenvalue weighted by molar-refractivity contribution is 0.896. The van der Waals surface area contributed by atoms with Crippen LogP contribution in [0.4, 0.5) is 0 Å². The Morgan fingerprint density at radius 1 is 1.28 bits per heavy atom. The third kappa shape index (κ3) is 1.74. The fourth-order valence-corrected chi connectivity index (χ4v) is 3.22. The predicted molar refractivity (Wildman–Crippen MR) is 76.0 cm³/mol. The summed E-state index contributed by atoms with van der Waals surface area (Å²) in [6.45, 7) is 2.79. The number of rotatable bonds is 3. The summed E-state index contributed by atoms with van der Waals surface area (Å²) in [4.78, 5) is 5.78. The largest absolute Gasteiger partial charge is 0.330 e. The second-order valence-electron chi connectivity index (χ2n) is 4.30. The summed E-state index contributed by atoms with van der Waals surface area (Å²) in [5, 5.41) is 2.15. The summed E-state index contributed by atoms with van der Waals surface area (Å²) >= 11 is 1.68. The van der Waals surface area contributed by atoms with Gasteiger partial charge in [0.1, 0.15) is 0 Å². The van der Waals surface area contributed by atoms with Crippen LogP contribution in [0, 0.1) is 6.92 Å². The average molecular weight is 257 g/mol. The molecule has 2 N–H and O–H groups in total. The molecule has 0 bridgehead atoms. The van der Waals surface area contributed by atoms with Crippen molar-refractivity contribution in [1.82, 2.24) is 9.38 Å². The molecule has 0 aliphatic heterocycles. The number of fused-ring (bicyclic) bond motifs is 1. The first-order valence-corrected chi connectivity index (χ1v) is 6.90. The molecule has 4 heteroatoms. The van der Waals surface area contributed by atoms with E-state index in [0.29, 0.717) is 6.54 Å². The molecule has 3 aromatic rings. The minimum Gasteiger partial charge on any atom is -0.330 e. The lowest BCUT2D eigenvalue weighted by atomic mass is 10.1. The SMILES string of the molecule is Cc1c(-c2ccccc2)nc2scc(CCN)n12. The molecule has 92 valence electrons. The number of thiazole rings is 1. The molecule has 1 aromatic carbocycles. The molecule has 2 aromatic heterocycles. The second kappa shape index (κ2) is 4.55. The van der Waals surface area contributed by atoms with Crippen LogP contribution in [-0.2, 0) is 6.42 Å². The summed E-state index contributed by atoms with van der Waals surface area (Å²) in [5.74, 6) is 0. The van der Waals surface area contributed by atoms with E-state index in [4.69, 9.17) is 10.7 Å². The molecule has 0 aliphatic carbocycles. The molecule has 3 nitrogen and oxygen atoms in total. The first kappa shape index (κ1) is 11.4. The van der Waals surface area contributed by atoms with Gasteiger partial charge in [-0.15, -0.1) is 11.3 Å². The van der Waals surface area contributed by atoms with Crippen LogP contribution in [0.2, 0.25) is 0 Å². The maximum atomic E-state index is 5.65. The van der Waals surface area contributed by atoms with Crippen LogP contribution in [0.3, 0.4) is 0 Å². The zero-order valence-electron chi connectivity index (χ0n) is 10.3. The van der Waals surface area contributed by atoms with E-state index in [1.54, 1.807) is 11.3 Å². The first-order chi connectivity index (χ1) is 8.81. The van der Waals surface area contributed by atoms with E-state index >= 15 is 0 Å². The molecule has 0 atom stereocenters. The van der Waals surface area contributed by atoms with Gasteiger partial charge in [0.05, 0.1) is 5.69 Å². The van der Waals surface area contributed by atoms with Crippen molar-refractivity contribution in [2.75, 3.05) is 6.54 Å². The van der Waals surface area contributed by atoms with E-state index in [-0.39, 0.29) is 0 Å². The van der Waals surface area contributed by atoms with Crippen LogP contribution < -0.4 is 5.73 Å². The topological polar surface area (TPSA) is 43.3 Å². The van der Waals surface area contributed by atoms with E-state index in [1.807, 2.05) is 18.2 Å². The molecule has 2 heterocycles. The molecule has 3 rings (SSSR count). The second-order valence-corrected chi connectivity index (χ2v) is 5.13. The highest BCUT2D eigenvalue weighted by molar-refractivity contribution is 7.15. The summed E-state index contributed by atoms with van der Waals surface area (Å²) in [7, 11) is 0. The van der Waals surface area contributed by atoms with Gasteiger partial charge in [0.2, 0.25) is 0 Å². The van der Waals surface area contributed by atoms with Crippen LogP contribution >= 0.6 is 11.3 Å². The van der Waals surface area contributed by atoms with Gasteiger partial charge in [-0.3, -0.25) is 4.40 Å². The van der Waals surface area contributed by atoms with Crippen molar-refractivity contribution >= 4 is 16.3 Å². The Hall–Kier alpha value is -1.65. The van der Waals surface area contributed by atoms with E-state index < -0.39 is 0 Å². The molecular weight excluding hydrogens is 242 g/mol. The van der Waals surface area contributed by atoms with Crippen LogP contribution in [0.15, 0.2) is 35.7 Å². The highest BCUT2D eigenvalue weighted by atomic mass is 32.1. The van der Waals surface area contributed by atoms with Crippen molar-refractivity contribution < 1.29 is 0 Å². The number of nitrogens with two attached hydrogens (primary N) is 1. The Kier molecular flexibility index (Phi) is 2.89. The van der Waals surface area contributed by atoms with Gasteiger partial charge in [-0.2, -0.15) is 0 Å². The van der Waals surface area contributed by atoms with Gasteiger partial charge in [0, 0.05) is 28.8 Å². The van der Waals surface area contributed by atoms with E-state index in [1.165, 1.54) is 17.0 Å². The minimum absolute atomic E-state index is 0.671. The van der Waals surface area contributed by atoms with Crippen LogP contribution in [-0.4, -0.2) is 15.9 Å². The van der Waals surface area contributed by atoms with Gasteiger partial charge < -0.3 is 5.73 Å². The molecule has 0 spiro atoms. The molecule has 0 aliphatic rings. The maximum Gasteiger partial charge on any atom is 0.194 e. The quantitative estimate of drug-likeness (QED) is 0.784. The van der Waals surface area contributed by atoms with Crippen LogP contribution in [0.25, 0.3) is 16.2 Å². The summed E-state index contributed by atoms with van der Waals surface area (Å²) in [6.07, 6.45) is 0.894. The Morgan fingerprint density at radius 2 is 2.06 bits per heavy atom. The van der Waals surface area contributed by atoms with Crippen LogP contribution in [0.5, 0.6) is 0 Å². The van der Waals surface area contributed by atoms with Gasteiger partial charge in [-0.25, -0.2) is 4.98 Å². The molecule has 0 radical (unpaired) electrons. The van der Waals surface area contributed by atoms with Gasteiger partial charge in [-0.05, 0) is 13.5 Å². The van der Waals surface area contributed by atoms with Crippen molar-refractivity contribution in [2.45, 2.75) is 13.3 Å². The fourth-order valence-electron chi connectivity index (χ4n) is 2.25. The fraction of sp³-hybridized carbons (Fsp3) is 0.214. The number of aryl methyl sites for hydroxylation is 1. The number of nitrogens with zero attached hydrogens (tertiary/aromatic N) is 2. The monoisotopic (exact) mass is 257 g/mol. The molecule has 0 amide bonds. The Morgan fingerprint density at radius 3 is 2.78 bits per heavy atom. The third-order valence-electron chi connectivity index (χ3n) is 3.11. The normalized spacial score (nSPS) is 11.2. The predicted octanol–water partition coefficient (Wildman–Crippen LogP) is 2.87. The van der Waals surface area contributed by atoms with Crippen molar-refractivity contribution in [1.29, 1.82) is 0 Å². The number of hydrogen-bond donors (Lipinski definition) is 1. The standard InChI is InChI=1S/C14H15N3S/c1-10-13(11-5-3-2-4-6-11)16-14-17(10)12(7-8-15)9-18-14/h2-6,9H,7-8,15H2,1H3. The maximum absolute atomic E-state index is 5.65. The van der Waals surface area contributed by atoms with Crippen molar-refractivity contribution in [3.05, 3.63) is 47.1 Å². The first-order valence-electron chi connectivity index (χ1n) is 6.02. The molecule has 18 heavy (non-hydrogen) atoms. The Balaban J connectivity index is 2.18. The van der Waals surface area contributed by atoms with Gasteiger partial charge >= 0.3 is 0 Å². The average Bonchev–Trinajstić information content (AvgIpc) is 2.93. The smallest absolute Gasteiger partial charge is 0.194 e. The van der Waals surface area contributed by atoms with Crippen molar-refractivity contribution in [3.8, 4) is 11.3 Å². The summed E-state index contributed by atoms with van der Waals surface area (Å²) in [5.41, 5.74) is 10.3. The number of imidazole rings is 1. The van der Waals surface area contributed by atoms with Crippen LogP contribution in [0.1, 0.15) is 11.4 Å². The Bertz CT molecular complexity index is 667. The molecular formula is C14H15N3S. The summed E-state index contributed by atoms with van der Waals surface area (Å²) < 4.78 is 2.22. The number of benzene rings is 1. The third-order valence-corrected chi connectivity index (χ3v) is 3.99. The van der Waals surface area contributed by atoms with E-state index in [2.05, 4.69) is 28.8 Å². The zero-order valence-corrected chi connectivity index (χ0v) is 11.1. The highest BCUT2D eigenvalue weighted by Crippen LogP contribution is 2.27. The molecule has 0 unspecified atom stereocenters. The van der Waals surface area contributed by atoms with E-state index in [0.717, 1.165) is 17.1 Å². The molecule has 0 saturated carbocycles. The number of aromatic nitrogens is 2. The van der Waals surface area contributed by atoms with Gasteiger partial charge in [0.15, 0.2) is 4.96 Å². The molecule has 0 fully saturated rings. The minimum atomic E-state index is 0.671. The van der Waals surface area contributed by atoms with E-state index in [9.17, 15) is 0 Å². The van der Waals surface area contributed by atoms with Crippen molar-refractivity contribution in [2.24, 2.45) is 5.73 Å². The van der Waals surface area contributed by atoms with Gasteiger partial charge in [-0.1, -0.05) is 30.3 Å². The van der Waals surface area contributed by atoms with Gasteiger partial charge in [0.25, 0.3) is 0 Å². The van der Waals surface area contributed by atoms with Crippen molar-refractivity contribution in [3.63, 3.8) is 0 Å². The highest BCUT2D eigenvalue weighted by Gasteiger charge is 2.13. The molecule has 0 saturated heterocycles. The lowest BCUT2D eigenvalue weighted by Crippen LogP contribution is -2.05. The lowest BCUT2D eigenvalue weighted by Gasteiger charge is -2.01. The number of hydrogen-bond acceptors (Lipinski definition) is 3.